The summed E-state index contributed by atoms with van der Waals surface area (Å²) in [7, 11) is 1.43. The number of benzene rings is 1. The highest BCUT2D eigenvalue weighted by Crippen LogP contribution is 2.77. The maximum absolute atomic E-state index is 12.5. The van der Waals surface area contributed by atoms with E-state index in [2.05, 4.69) is 71.5 Å². The van der Waals surface area contributed by atoms with E-state index in [4.69, 9.17) is 4.74 Å². The van der Waals surface area contributed by atoms with Crippen LogP contribution in [0.4, 0.5) is 0 Å². The Hall–Kier alpha value is -2.23. The summed E-state index contributed by atoms with van der Waals surface area (Å²) in [4.78, 5) is 24.5. The Morgan fingerprint density at radius 2 is 1.61 bits per heavy atom. The fourth-order valence-electron chi connectivity index (χ4n) is 12.3. The molecule has 0 unspecified atom stereocenters. The molecule has 4 saturated carbocycles. The Morgan fingerprint density at radius 1 is 0.902 bits per heavy atom. The number of ether oxygens (including phenoxy) is 1. The van der Waals surface area contributed by atoms with Crippen molar-refractivity contribution < 1.29 is 9.53 Å². The molecule has 0 radical (unpaired) electrons. The van der Waals surface area contributed by atoms with Gasteiger partial charge in [0.1, 0.15) is 5.54 Å². The molecule has 6 rings (SSSR count). The third-order valence-corrected chi connectivity index (χ3v) is 14.4. The number of allylic oxidation sites excluding steroid dienone is 3. The molecule has 0 bridgehead atoms. The van der Waals surface area contributed by atoms with Gasteiger partial charge in [-0.2, -0.15) is 4.91 Å². The molecular formula is C37H51NO3. The van der Waals surface area contributed by atoms with Crippen LogP contribution in [0.15, 0.2) is 47.7 Å². The monoisotopic (exact) mass is 557 g/mol. The lowest BCUT2D eigenvalue weighted by molar-refractivity contribution is -0.217. The molecule has 4 nitrogen and oxygen atoms in total. The molecule has 5 aliphatic carbocycles. The van der Waals surface area contributed by atoms with E-state index in [1.807, 2.05) is 12.1 Å². The Labute approximate surface area is 247 Å². The molecule has 0 saturated heterocycles. The summed E-state index contributed by atoms with van der Waals surface area (Å²) in [5.41, 5.74) is 4.90. The van der Waals surface area contributed by atoms with E-state index < -0.39 is 0 Å². The van der Waals surface area contributed by atoms with Crippen molar-refractivity contribution in [2.75, 3.05) is 7.11 Å². The lowest BCUT2D eigenvalue weighted by Crippen LogP contribution is -2.66. The SMILES string of the molecule is C=C(C)[C@@H]1CC[C@]2(N=O)CC[C@]3(C)[C@H](CC[C@@H]4[C@@]5(C)CC=C(c6ccc(C(=O)OC)cc6)C(C)(C)[C@@H]5CC[C@]43C)[C@@H]12. The standard InChI is InChI=1S/C37H51NO3/c1-23(2)26-15-20-37(38-40)22-21-35(6)28(31(26)37)13-14-30-34(5)18-16-27(24-9-11-25(12-10-24)32(39)41-8)33(3,4)29(34)17-19-36(30,35)7/h9-12,16,26,28-31H,1,13-15,17-22H2,2-8H3/t26-,28+,29-,30+,31+,34-,35+,36+,37-/m0/s1. The number of hydrogen-bond donors (Lipinski definition) is 0. The molecular weight excluding hydrogens is 506 g/mol. The van der Waals surface area contributed by atoms with Crippen LogP contribution >= 0.6 is 0 Å². The molecule has 9 atom stereocenters. The number of methoxy groups -OCH3 is 1. The summed E-state index contributed by atoms with van der Waals surface area (Å²) in [6, 6.07) is 8.03. The summed E-state index contributed by atoms with van der Waals surface area (Å²) < 4.78 is 4.93. The minimum absolute atomic E-state index is 0.0402. The number of nitroso groups, excluding NO2 is 1. The van der Waals surface area contributed by atoms with Gasteiger partial charge in [-0.05, 0) is 139 Å². The summed E-state index contributed by atoms with van der Waals surface area (Å²) >= 11 is 0. The van der Waals surface area contributed by atoms with Gasteiger partial charge in [-0.1, -0.05) is 70.2 Å². The van der Waals surface area contributed by atoms with Crippen LogP contribution in [-0.2, 0) is 4.74 Å². The summed E-state index contributed by atoms with van der Waals surface area (Å²) in [6.07, 6.45) is 12.7. The number of carbonyl (C=O) groups excluding carboxylic acids is 1. The van der Waals surface area contributed by atoms with Gasteiger partial charge in [0.15, 0.2) is 0 Å². The van der Waals surface area contributed by atoms with Gasteiger partial charge >= 0.3 is 5.97 Å². The highest BCUT2D eigenvalue weighted by Gasteiger charge is 2.71. The van der Waals surface area contributed by atoms with Crippen molar-refractivity contribution in [3.8, 4) is 0 Å². The fraction of sp³-hybridized carbons (Fsp3) is 0.703. The van der Waals surface area contributed by atoms with Gasteiger partial charge < -0.3 is 4.74 Å². The van der Waals surface area contributed by atoms with Crippen LogP contribution < -0.4 is 0 Å². The van der Waals surface area contributed by atoms with Gasteiger partial charge in [0, 0.05) is 0 Å². The van der Waals surface area contributed by atoms with Crippen LogP contribution in [0.1, 0.15) is 115 Å². The average molecular weight is 558 g/mol. The second kappa shape index (κ2) is 9.38. The van der Waals surface area contributed by atoms with Crippen LogP contribution in [0.3, 0.4) is 0 Å². The van der Waals surface area contributed by atoms with Crippen LogP contribution in [0, 0.1) is 56.2 Å². The normalized spacial score (nSPS) is 44.4. The molecule has 5 aliphatic rings. The zero-order valence-corrected chi connectivity index (χ0v) is 26.5. The average Bonchev–Trinajstić information content (AvgIpc) is 3.33. The third-order valence-electron chi connectivity index (χ3n) is 14.4. The fourth-order valence-corrected chi connectivity index (χ4v) is 12.3. The largest absolute Gasteiger partial charge is 0.465 e. The van der Waals surface area contributed by atoms with Crippen molar-refractivity contribution in [1.29, 1.82) is 0 Å². The van der Waals surface area contributed by atoms with Crippen molar-refractivity contribution in [3.63, 3.8) is 0 Å². The smallest absolute Gasteiger partial charge is 0.337 e. The highest BCUT2D eigenvalue weighted by molar-refractivity contribution is 5.89. The quantitative estimate of drug-likeness (QED) is 0.210. The molecule has 0 heterocycles. The zero-order chi connectivity index (χ0) is 29.6. The lowest BCUT2D eigenvalue weighted by Gasteiger charge is -2.72. The summed E-state index contributed by atoms with van der Waals surface area (Å²) in [6.45, 7) is 19.4. The number of fused-ring (bicyclic) bond motifs is 7. The van der Waals surface area contributed by atoms with Gasteiger partial charge in [0.2, 0.25) is 0 Å². The highest BCUT2D eigenvalue weighted by atomic mass is 16.5. The molecule has 222 valence electrons. The molecule has 41 heavy (non-hydrogen) atoms. The molecule has 4 fully saturated rings. The predicted molar refractivity (Wildman–Crippen MR) is 166 cm³/mol. The van der Waals surface area contributed by atoms with E-state index in [0.29, 0.717) is 35.2 Å². The van der Waals surface area contributed by atoms with E-state index >= 15 is 0 Å². The second-order valence-corrected chi connectivity index (χ2v) is 16.0. The number of hydrogen-bond acceptors (Lipinski definition) is 4. The van der Waals surface area contributed by atoms with Crippen molar-refractivity contribution in [3.05, 3.63) is 58.5 Å². The van der Waals surface area contributed by atoms with Crippen molar-refractivity contribution in [2.24, 2.45) is 56.4 Å². The van der Waals surface area contributed by atoms with Crippen molar-refractivity contribution in [1.82, 2.24) is 0 Å². The molecule has 0 N–H and O–H groups in total. The lowest BCUT2D eigenvalue weighted by atomic mass is 9.33. The summed E-state index contributed by atoms with van der Waals surface area (Å²) in [5.74, 6) is 2.33. The maximum Gasteiger partial charge on any atom is 0.337 e. The predicted octanol–water partition coefficient (Wildman–Crippen LogP) is 9.64. The Bertz CT molecular complexity index is 1290. The molecule has 1 aromatic rings. The van der Waals surface area contributed by atoms with E-state index in [-0.39, 0.29) is 33.2 Å². The first-order valence-corrected chi connectivity index (χ1v) is 16.2. The Balaban J connectivity index is 1.35. The van der Waals surface area contributed by atoms with Crippen molar-refractivity contribution in [2.45, 2.75) is 105 Å². The van der Waals surface area contributed by atoms with Crippen LogP contribution in [0.25, 0.3) is 5.57 Å². The van der Waals surface area contributed by atoms with Gasteiger partial charge in [-0.15, -0.1) is 0 Å². The zero-order valence-electron chi connectivity index (χ0n) is 26.5. The summed E-state index contributed by atoms with van der Waals surface area (Å²) in [5, 5.41) is 3.95. The number of carbonyl (C=O) groups is 1. The first kappa shape index (κ1) is 28.9. The van der Waals surface area contributed by atoms with E-state index in [1.54, 1.807) is 0 Å². The van der Waals surface area contributed by atoms with E-state index in [9.17, 15) is 9.70 Å². The molecule has 1 aromatic carbocycles. The molecule has 0 aliphatic heterocycles. The van der Waals surface area contributed by atoms with Gasteiger partial charge in [-0.3, -0.25) is 0 Å². The molecule has 0 amide bonds. The Morgan fingerprint density at radius 3 is 2.24 bits per heavy atom. The minimum Gasteiger partial charge on any atom is -0.465 e. The molecule has 4 heteroatoms. The number of esters is 1. The first-order chi connectivity index (χ1) is 19.3. The Kier molecular flexibility index (Phi) is 6.61. The van der Waals surface area contributed by atoms with Crippen LogP contribution in [0.5, 0.6) is 0 Å². The van der Waals surface area contributed by atoms with Gasteiger partial charge in [0.05, 0.1) is 12.7 Å². The molecule has 0 aromatic heterocycles. The van der Waals surface area contributed by atoms with E-state index in [0.717, 1.165) is 32.1 Å². The van der Waals surface area contributed by atoms with Crippen LogP contribution in [-0.4, -0.2) is 18.6 Å². The van der Waals surface area contributed by atoms with Crippen molar-refractivity contribution >= 4 is 11.5 Å². The third kappa shape index (κ3) is 3.73. The topological polar surface area (TPSA) is 55.7 Å². The minimum atomic E-state index is -0.369. The second-order valence-electron chi connectivity index (χ2n) is 16.0. The number of nitrogens with zero attached hydrogens (tertiary/aromatic N) is 1. The number of rotatable bonds is 4. The maximum atomic E-state index is 12.5. The van der Waals surface area contributed by atoms with Crippen LogP contribution in [0.2, 0.25) is 0 Å². The van der Waals surface area contributed by atoms with Gasteiger partial charge in [-0.25, -0.2) is 4.79 Å². The first-order valence-electron chi connectivity index (χ1n) is 16.2. The molecule has 0 spiro atoms. The van der Waals surface area contributed by atoms with E-state index in [1.165, 1.54) is 49.5 Å². The van der Waals surface area contributed by atoms with Gasteiger partial charge in [0.25, 0.3) is 0 Å².